The van der Waals surface area contributed by atoms with E-state index in [1.807, 2.05) is 60.7 Å². The molecule has 0 aliphatic heterocycles. The second-order valence-electron chi connectivity index (χ2n) is 4.80. The molecule has 21 heavy (non-hydrogen) atoms. The normalized spacial score (nSPS) is 10.6. The summed E-state index contributed by atoms with van der Waals surface area (Å²) < 4.78 is 0. The highest BCUT2D eigenvalue weighted by molar-refractivity contribution is 6.34. The highest BCUT2D eigenvalue weighted by atomic mass is 35.5. The van der Waals surface area contributed by atoms with E-state index in [1.165, 1.54) is 0 Å². The fourth-order valence-corrected chi connectivity index (χ4v) is 2.95. The van der Waals surface area contributed by atoms with Crippen molar-refractivity contribution >= 4 is 23.2 Å². The molecule has 3 aromatic carbocycles. The van der Waals surface area contributed by atoms with E-state index in [4.69, 9.17) is 23.2 Å². The molecule has 2 heteroatoms. The summed E-state index contributed by atoms with van der Waals surface area (Å²) >= 11 is 12.7. The molecule has 102 valence electrons. The van der Waals surface area contributed by atoms with Crippen molar-refractivity contribution < 1.29 is 0 Å². The molecule has 0 amide bonds. The molecular weight excluding hydrogens is 299 g/mol. The molecule has 0 unspecified atom stereocenters. The first-order valence-electron chi connectivity index (χ1n) is 6.63. The van der Waals surface area contributed by atoms with Crippen molar-refractivity contribution in [2.45, 2.75) is 0 Å². The summed E-state index contributed by atoms with van der Waals surface area (Å²) in [4.78, 5) is 0. The molecule has 0 heterocycles. The quantitative estimate of drug-likeness (QED) is 0.473. The lowest BCUT2D eigenvalue weighted by Crippen LogP contribution is -1.90. The number of hydrogen-bond acceptors (Lipinski definition) is 0. The smallest absolute Gasteiger partial charge is 0.0836 e. The Morgan fingerprint density at radius 3 is 1.71 bits per heavy atom. The molecule has 0 aromatic heterocycles. The van der Waals surface area contributed by atoms with E-state index in [9.17, 15) is 0 Å². The fraction of sp³-hybridized carbons (Fsp3) is 0. The Kier molecular flexibility index (Phi) is 3.92. The molecule has 0 aliphatic carbocycles. The van der Waals surface area contributed by atoms with Gasteiger partial charge in [-0.15, -0.1) is 0 Å². The Balaban J connectivity index is 2.32. The molecule has 0 aliphatic rings. The van der Waals surface area contributed by atoms with E-state index in [0.717, 1.165) is 32.8 Å². The summed E-state index contributed by atoms with van der Waals surface area (Å²) in [5, 5.41) is 1.43. The van der Waals surface area contributed by atoms with Crippen LogP contribution >= 0.6 is 23.2 Å². The Morgan fingerprint density at radius 1 is 0.571 bits per heavy atom. The van der Waals surface area contributed by atoms with Gasteiger partial charge in [-0.05, 0) is 30.3 Å². The molecule has 3 rings (SSSR count). The molecule has 0 spiro atoms. The van der Waals surface area contributed by atoms with Gasteiger partial charge in [0.15, 0.2) is 0 Å². The van der Waals surface area contributed by atoms with Crippen LogP contribution < -0.4 is 0 Å². The topological polar surface area (TPSA) is 0 Å². The van der Waals surface area contributed by atoms with E-state index in [0.29, 0.717) is 5.02 Å². The maximum absolute atomic E-state index is 6.37. The second kappa shape index (κ2) is 5.85. The number of rotatable bonds is 2. The van der Waals surface area contributed by atoms with Crippen LogP contribution in [-0.2, 0) is 0 Å². The van der Waals surface area contributed by atoms with Crippen LogP contribution in [0.3, 0.4) is 0 Å². The summed E-state index contributed by atoms with van der Waals surface area (Å²) in [6.45, 7) is 4.15. The van der Waals surface area contributed by atoms with E-state index in [2.05, 4.69) is 13.0 Å². The summed E-state index contributed by atoms with van der Waals surface area (Å²) in [5.41, 5.74) is 4.96. The van der Waals surface area contributed by atoms with Crippen molar-refractivity contribution in [3.63, 3.8) is 0 Å². The van der Waals surface area contributed by atoms with Gasteiger partial charge >= 0.3 is 0 Å². The first kappa shape index (κ1) is 14.1. The predicted molar refractivity (Wildman–Crippen MR) is 91.8 cm³/mol. The van der Waals surface area contributed by atoms with E-state index in [1.54, 1.807) is 0 Å². The summed E-state index contributed by atoms with van der Waals surface area (Å²) in [7, 11) is 0. The average molecular weight is 312 g/mol. The average Bonchev–Trinajstić information content (AvgIpc) is 2.49. The van der Waals surface area contributed by atoms with E-state index >= 15 is 0 Å². The van der Waals surface area contributed by atoms with Gasteiger partial charge in [-0.2, -0.15) is 0 Å². The molecule has 0 saturated heterocycles. The van der Waals surface area contributed by atoms with E-state index in [-0.39, 0.29) is 0 Å². The Morgan fingerprint density at radius 2 is 1.10 bits per heavy atom. The van der Waals surface area contributed by atoms with Crippen LogP contribution in [0.5, 0.6) is 0 Å². The lowest BCUT2D eigenvalue weighted by atomic mass is 9.91. The van der Waals surface area contributed by atoms with Gasteiger partial charge < -0.3 is 0 Å². The zero-order chi connectivity index (χ0) is 14.8. The number of benzene rings is 3. The largest absolute Gasteiger partial charge is 0.135 e. The third kappa shape index (κ3) is 2.65. The third-order valence-corrected chi connectivity index (χ3v) is 4.12. The van der Waals surface area contributed by atoms with Gasteiger partial charge in [0.25, 0.3) is 0 Å². The molecule has 0 bridgehead atoms. The molecule has 0 fully saturated rings. The van der Waals surface area contributed by atoms with Crippen LogP contribution in [0, 0.1) is 6.92 Å². The lowest BCUT2D eigenvalue weighted by molar-refractivity contribution is 1.54. The van der Waals surface area contributed by atoms with Gasteiger partial charge in [0.2, 0.25) is 0 Å². The summed E-state index contributed by atoms with van der Waals surface area (Å²) in [6.07, 6.45) is 0. The van der Waals surface area contributed by atoms with Gasteiger partial charge in [0.1, 0.15) is 11.1 Å². The maximum Gasteiger partial charge on any atom is 0.135 e. The molecule has 0 radical (unpaired) electrons. The molecule has 0 saturated carbocycles. The first-order chi connectivity index (χ1) is 10.2. The molecule has 0 nitrogen and oxygen atoms in total. The Labute approximate surface area is 135 Å². The van der Waals surface area contributed by atoms with Crippen LogP contribution in [0.4, 0.5) is 0 Å². The predicted octanol–water partition coefficient (Wildman–Crippen LogP) is 6.51. The van der Waals surface area contributed by atoms with Gasteiger partial charge in [-0.25, -0.2) is 0 Å². The highest BCUT2D eigenvalue weighted by Crippen LogP contribution is 2.40. The van der Waals surface area contributed by atoms with Crippen molar-refractivity contribution in [3.05, 3.63) is 89.3 Å². The number of halogens is 2. The van der Waals surface area contributed by atoms with Crippen LogP contribution in [0.1, 0.15) is 5.56 Å². The van der Waals surface area contributed by atoms with Crippen molar-refractivity contribution in [3.8, 4) is 22.3 Å². The molecular formula is C19H13Cl2+. The van der Waals surface area contributed by atoms with Crippen LogP contribution in [0.25, 0.3) is 22.3 Å². The zero-order valence-electron chi connectivity index (χ0n) is 11.3. The molecule has 0 N–H and O–H groups in total. The zero-order valence-corrected chi connectivity index (χ0v) is 12.8. The van der Waals surface area contributed by atoms with Crippen molar-refractivity contribution in [1.29, 1.82) is 0 Å². The number of hydrogen-bond donors (Lipinski definition) is 0. The van der Waals surface area contributed by atoms with Crippen LogP contribution in [0.15, 0.2) is 66.7 Å². The fourth-order valence-electron chi connectivity index (χ4n) is 2.49. The minimum Gasteiger partial charge on any atom is -0.0836 e. The monoisotopic (exact) mass is 311 g/mol. The van der Waals surface area contributed by atoms with Gasteiger partial charge in [0.05, 0.1) is 10.6 Å². The summed E-state index contributed by atoms with van der Waals surface area (Å²) in [6, 6.07) is 21.6. The summed E-state index contributed by atoms with van der Waals surface area (Å²) in [5.74, 6) is 0. The minimum atomic E-state index is 0.710. The standard InChI is InChI=1S/C19H13Cl2/c1-13-7-6-10-15(14-8-2-4-11-17(14)20)19(13)16-9-3-5-12-18(16)21/h2-12H,1H2/q+1. The van der Waals surface area contributed by atoms with Crippen LogP contribution in [0.2, 0.25) is 10.0 Å². The SMILES string of the molecule is [CH2+]c1cccc(-c2ccccc2Cl)c1-c1ccccc1Cl. The van der Waals surface area contributed by atoms with E-state index < -0.39 is 0 Å². The maximum atomic E-state index is 6.37. The van der Waals surface area contributed by atoms with Crippen molar-refractivity contribution in [1.82, 2.24) is 0 Å². The first-order valence-corrected chi connectivity index (χ1v) is 7.39. The minimum absolute atomic E-state index is 0.710. The Bertz CT molecular complexity index is 791. The molecule has 3 aromatic rings. The van der Waals surface area contributed by atoms with Crippen molar-refractivity contribution in [2.24, 2.45) is 0 Å². The van der Waals surface area contributed by atoms with Gasteiger partial charge in [-0.1, -0.05) is 53.5 Å². The van der Waals surface area contributed by atoms with Crippen LogP contribution in [-0.4, -0.2) is 0 Å². The third-order valence-electron chi connectivity index (χ3n) is 3.46. The lowest BCUT2D eigenvalue weighted by Gasteiger charge is -2.10. The van der Waals surface area contributed by atoms with Crippen molar-refractivity contribution in [2.75, 3.05) is 0 Å². The Hall–Kier alpha value is -1.89. The molecule has 0 atom stereocenters. The van der Waals surface area contributed by atoms with Gasteiger partial charge in [0, 0.05) is 29.1 Å². The second-order valence-corrected chi connectivity index (χ2v) is 5.61. The van der Waals surface area contributed by atoms with Gasteiger partial charge in [-0.3, -0.25) is 0 Å². The highest BCUT2D eigenvalue weighted by Gasteiger charge is 2.20.